The third-order valence-corrected chi connectivity index (χ3v) is 7.43. The van der Waals surface area contributed by atoms with Crippen LogP contribution in [0.15, 0.2) is 29.2 Å². The smallest absolute Gasteiger partial charge is 0.339 e. The number of hydrogen-bond acceptors (Lipinski definition) is 6. The number of aryl methyl sites for hydroxylation is 1. The molecule has 1 amide bonds. The summed E-state index contributed by atoms with van der Waals surface area (Å²) in [7, 11) is 1.85. The first-order chi connectivity index (χ1) is 16.2. The molecule has 0 atom stereocenters. The number of benzene rings is 1. The van der Waals surface area contributed by atoms with E-state index in [4.69, 9.17) is 4.74 Å². The van der Waals surface area contributed by atoms with Crippen LogP contribution in [-0.4, -0.2) is 58.8 Å². The van der Waals surface area contributed by atoms with Gasteiger partial charge in [0.05, 0.1) is 17.0 Å². The van der Waals surface area contributed by atoms with Crippen LogP contribution >= 0.6 is 11.8 Å². The Balaban J connectivity index is 1.61. The zero-order valence-electron chi connectivity index (χ0n) is 20.2. The molecule has 1 N–H and O–H groups in total. The van der Waals surface area contributed by atoms with Crippen LogP contribution in [0, 0.1) is 13.8 Å². The molecule has 1 aromatic carbocycles. The number of ether oxygens (including phenoxy) is 1. The summed E-state index contributed by atoms with van der Waals surface area (Å²) in [5.41, 5.74) is 2.25. The predicted molar refractivity (Wildman–Crippen MR) is 132 cm³/mol. The van der Waals surface area contributed by atoms with Gasteiger partial charge in [0, 0.05) is 29.2 Å². The van der Waals surface area contributed by atoms with Crippen molar-refractivity contribution in [1.29, 1.82) is 0 Å². The highest BCUT2D eigenvalue weighted by molar-refractivity contribution is 8.00. The van der Waals surface area contributed by atoms with Gasteiger partial charge in [-0.2, -0.15) is 0 Å². The molecule has 1 saturated carbocycles. The molecule has 182 valence electrons. The monoisotopic (exact) mass is 484 g/mol. The van der Waals surface area contributed by atoms with Crippen LogP contribution in [0.1, 0.15) is 81.5 Å². The standard InChI is InChI=1S/C26H32N2O5S/c1-16-24(18(3)29)17(2)27-25(16)21(30)14-33-26(32)20-12-8-9-13-22(20)34-15-23(31)28(4)19-10-6-5-7-11-19/h8-9,12-13,19,27H,5-7,10-11,14-15H2,1-4H3. The maximum Gasteiger partial charge on any atom is 0.339 e. The van der Waals surface area contributed by atoms with Crippen molar-refractivity contribution < 1.29 is 23.9 Å². The number of carbonyl (C=O) groups excluding carboxylic acids is 4. The van der Waals surface area contributed by atoms with Gasteiger partial charge in [-0.25, -0.2) is 4.79 Å². The fourth-order valence-corrected chi connectivity index (χ4v) is 5.48. The number of ketones is 2. The molecule has 1 aromatic heterocycles. The molecule has 0 spiro atoms. The van der Waals surface area contributed by atoms with Gasteiger partial charge in [0.2, 0.25) is 11.7 Å². The number of nitrogens with one attached hydrogen (secondary N) is 1. The summed E-state index contributed by atoms with van der Waals surface area (Å²) in [6.07, 6.45) is 5.61. The predicted octanol–water partition coefficient (Wildman–Crippen LogP) is 4.76. The Morgan fingerprint density at radius 3 is 2.41 bits per heavy atom. The lowest BCUT2D eigenvalue weighted by atomic mass is 9.94. The second kappa shape index (κ2) is 11.5. The van der Waals surface area contributed by atoms with Crippen LogP contribution in [0.3, 0.4) is 0 Å². The van der Waals surface area contributed by atoms with Crippen molar-refractivity contribution in [1.82, 2.24) is 9.88 Å². The normalized spacial score (nSPS) is 14.0. The Morgan fingerprint density at radius 2 is 1.76 bits per heavy atom. The Kier molecular flexibility index (Phi) is 8.72. The molecule has 0 aliphatic heterocycles. The molecule has 34 heavy (non-hydrogen) atoms. The van der Waals surface area contributed by atoms with E-state index < -0.39 is 18.4 Å². The Morgan fingerprint density at radius 1 is 1.09 bits per heavy atom. The van der Waals surface area contributed by atoms with E-state index in [1.165, 1.54) is 25.1 Å². The van der Waals surface area contributed by atoms with Crippen LogP contribution in [0.25, 0.3) is 0 Å². The minimum atomic E-state index is -0.628. The summed E-state index contributed by atoms with van der Waals surface area (Å²) in [5.74, 6) is -0.899. The van der Waals surface area contributed by atoms with Crippen molar-refractivity contribution in [3.05, 3.63) is 52.3 Å². The number of nitrogens with zero attached hydrogens (tertiary/aromatic N) is 1. The molecule has 1 heterocycles. The van der Waals surface area contributed by atoms with Crippen LogP contribution in [-0.2, 0) is 9.53 Å². The van der Waals surface area contributed by atoms with Crippen LogP contribution < -0.4 is 0 Å². The maximum absolute atomic E-state index is 12.7. The zero-order chi connectivity index (χ0) is 24.8. The van der Waals surface area contributed by atoms with Crippen LogP contribution in [0.5, 0.6) is 0 Å². The van der Waals surface area contributed by atoms with Gasteiger partial charge in [0.15, 0.2) is 12.4 Å². The molecule has 7 nitrogen and oxygen atoms in total. The molecule has 8 heteroatoms. The van der Waals surface area contributed by atoms with E-state index in [-0.39, 0.29) is 29.2 Å². The van der Waals surface area contributed by atoms with Crippen molar-refractivity contribution in [3.8, 4) is 0 Å². The Bertz CT molecular complexity index is 1080. The van der Waals surface area contributed by atoms with Crippen LogP contribution in [0.2, 0.25) is 0 Å². The van der Waals surface area contributed by atoms with Gasteiger partial charge in [-0.15, -0.1) is 11.8 Å². The molecule has 0 unspecified atom stereocenters. The van der Waals surface area contributed by atoms with Gasteiger partial charge in [0.1, 0.15) is 0 Å². The minimum Gasteiger partial charge on any atom is -0.454 e. The van der Waals surface area contributed by atoms with Gasteiger partial charge >= 0.3 is 5.97 Å². The van der Waals surface area contributed by atoms with E-state index in [1.807, 2.05) is 11.9 Å². The van der Waals surface area contributed by atoms with Crippen molar-refractivity contribution in [3.63, 3.8) is 0 Å². The summed E-state index contributed by atoms with van der Waals surface area (Å²) in [4.78, 5) is 55.3. The first-order valence-corrected chi connectivity index (χ1v) is 12.6. The fraction of sp³-hybridized carbons (Fsp3) is 0.462. The lowest BCUT2D eigenvalue weighted by Gasteiger charge is -2.31. The number of aromatic amines is 1. The van der Waals surface area contributed by atoms with Gasteiger partial charge in [0.25, 0.3) is 0 Å². The highest BCUT2D eigenvalue weighted by Gasteiger charge is 2.24. The number of hydrogen-bond donors (Lipinski definition) is 1. The molecule has 1 aliphatic carbocycles. The fourth-order valence-electron chi connectivity index (χ4n) is 4.51. The quantitative estimate of drug-likeness (QED) is 0.313. The van der Waals surface area contributed by atoms with E-state index in [2.05, 4.69) is 4.98 Å². The van der Waals surface area contributed by atoms with E-state index in [9.17, 15) is 19.2 Å². The average Bonchev–Trinajstić information content (AvgIpc) is 3.14. The van der Waals surface area contributed by atoms with E-state index in [0.29, 0.717) is 27.3 Å². The van der Waals surface area contributed by atoms with Crippen molar-refractivity contribution in [2.24, 2.45) is 0 Å². The average molecular weight is 485 g/mol. The molecule has 0 saturated heterocycles. The van der Waals surface area contributed by atoms with Gasteiger partial charge in [-0.3, -0.25) is 14.4 Å². The van der Waals surface area contributed by atoms with Gasteiger partial charge in [-0.05, 0) is 51.3 Å². The molecule has 0 bridgehead atoms. The summed E-state index contributed by atoms with van der Waals surface area (Å²) < 4.78 is 5.30. The number of aromatic nitrogens is 1. The number of amides is 1. The third-order valence-electron chi connectivity index (χ3n) is 6.38. The topological polar surface area (TPSA) is 96.5 Å². The van der Waals surface area contributed by atoms with Crippen molar-refractivity contribution in [2.75, 3.05) is 19.4 Å². The second-order valence-corrected chi connectivity index (χ2v) is 9.78. The van der Waals surface area contributed by atoms with E-state index in [0.717, 1.165) is 25.7 Å². The molecular weight excluding hydrogens is 452 g/mol. The number of Topliss-reactive ketones (excluding diaryl/α,β-unsaturated/α-hetero) is 2. The lowest BCUT2D eigenvalue weighted by molar-refractivity contribution is -0.129. The minimum absolute atomic E-state index is 0.0362. The second-order valence-electron chi connectivity index (χ2n) is 8.76. The summed E-state index contributed by atoms with van der Waals surface area (Å²) >= 11 is 1.30. The summed E-state index contributed by atoms with van der Waals surface area (Å²) in [5, 5.41) is 0. The van der Waals surface area contributed by atoms with Gasteiger partial charge in [-0.1, -0.05) is 31.4 Å². The molecule has 0 radical (unpaired) electrons. The first-order valence-electron chi connectivity index (χ1n) is 11.6. The van der Waals surface area contributed by atoms with E-state index >= 15 is 0 Å². The number of carbonyl (C=O) groups is 4. The Labute approximate surface area is 204 Å². The molecule has 1 fully saturated rings. The molecule has 1 aliphatic rings. The van der Waals surface area contributed by atoms with E-state index in [1.54, 1.807) is 38.1 Å². The molecule has 2 aromatic rings. The first kappa shape index (κ1) is 25.7. The number of H-pyrrole nitrogens is 1. The lowest BCUT2D eigenvalue weighted by Crippen LogP contribution is -2.39. The largest absolute Gasteiger partial charge is 0.454 e. The maximum atomic E-state index is 12.7. The summed E-state index contributed by atoms with van der Waals surface area (Å²) in [6.45, 7) is 4.43. The van der Waals surface area contributed by atoms with Crippen LogP contribution in [0.4, 0.5) is 0 Å². The number of esters is 1. The molecular formula is C26H32N2O5S. The Hall–Kier alpha value is -2.87. The highest BCUT2D eigenvalue weighted by Crippen LogP contribution is 2.26. The molecule has 3 rings (SSSR count). The van der Waals surface area contributed by atoms with Crippen molar-refractivity contribution >= 4 is 35.2 Å². The SMILES string of the molecule is CC(=O)c1c(C)[nH]c(C(=O)COC(=O)c2ccccc2SCC(=O)N(C)C2CCCCC2)c1C. The third kappa shape index (κ3) is 5.97. The zero-order valence-corrected chi connectivity index (χ0v) is 21.0. The summed E-state index contributed by atoms with van der Waals surface area (Å²) in [6, 6.07) is 7.21. The van der Waals surface area contributed by atoms with Gasteiger partial charge < -0.3 is 14.6 Å². The highest BCUT2D eigenvalue weighted by atomic mass is 32.2. The number of rotatable bonds is 9. The number of thioether (sulfide) groups is 1. The van der Waals surface area contributed by atoms with Crippen molar-refractivity contribution in [2.45, 2.75) is 63.8 Å².